The Morgan fingerprint density at radius 2 is 1.67 bits per heavy atom. The first-order chi connectivity index (χ1) is 16.6. The van der Waals surface area contributed by atoms with Gasteiger partial charge in [0.15, 0.2) is 11.6 Å². The predicted octanol–water partition coefficient (Wildman–Crippen LogP) is 7.18. The van der Waals surface area contributed by atoms with E-state index in [-0.39, 0.29) is 50.9 Å². The first-order valence-electron chi connectivity index (χ1n) is 13.8. The zero-order valence-electron chi connectivity index (χ0n) is 23.5. The minimum absolute atomic E-state index is 0.00178. The van der Waals surface area contributed by atoms with Gasteiger partial charge >= 0.3 is 0 Å². The van der Waals surface area contributed by atoms with Crippen molar-refractivity contribution < 1.29 is 9.59 Å². The molecular weight excluding hydrogens is 464 g/mol. The summed E-state index contributed by atoms with van der Waals surface area (Å²) in [6.07, 6.45) is 13.6. The average Bonchev–Trinajstić information content (AvgIpc) is 2.79. The number of nitrogens with zero attached hydrogens (tertiary/aromatic N) is 1. The Morgan fingerprint density at radius 1 is 1.00 bits per heavy atom. The lowest BCUT2D eigenvalue weighted by Gasteiger charge is -2.69. The van der Waals surface area contributed by atoms with Gasteiger partial charge in [-0.15, -0.1) is 0 Å². The number of allylic oxidation sites excluding steroid dienone is 4. The van der Waals surface area contributed by atoms with Crippen molar-refractivity contribution in [1.82, 2.24) is 4.72 Å². The van der Waals surface area contributed by atoms with E-state index in [1.54, 1.807) is 11.9 Å². The third kappa shape index (κ3) is 3.16. The van der Waals surface area contributed by atoms with E-state index in [1.165, 1.54) is 12.0 Å². The number of fused-ring (bicyclic) bond motifs is 7. The molecule has 5 rings (SSSR count). The number of carbonyl (C=O) groups is 2. The van der Waals surface area contributed by atoms with E-state index in [9.17, 15) is 9.59 Å². The molecule has 3 fully saturated rings. The Kier molecular flexibility index (Phi) is 5.70. The maximum absolute atomic E-state index is 14.4. The van der Waals surface area contributed by atoms with Crippen LogP contribution in [0, 0.1) is 51.4 Å². The van der Waals surface area contributed by atoms with Crippen LogP contribution >= 0.6 is 11.9 Å². The van der Waals surface area contributed by atoms with Crippen LogP contribution in [0.4, 0.5) is 0 Å². The Bertz CT molecular complexity index is 1130. The third-order valence-corrected chi connectivity index (χ3v) is 12.8. The lowest BCUT2D eigenvalue weighted by molar-refractivity contribution is -0.159. The van der Waals surface area contributed by atoms with Gasteiger partial charge in [-0.1, -0.05) is 72.1 Å². The highest BCUT2D eigenvalue weighted by atomic mass is 32.2. The van der Waals surface area contributed by atoms with Crippen LogP contribution in [0.1, 0.15) is 93.4 Å². The first-order valence-corrected chi connectivity index (χ1v) is 15.1. The summed E-state index contributed by atoms with van der Waals surface area (Å²) in [7, 11) is 0. The molecule has 0 radical (unpaired) electrons. The molecule has 3 saturated carbocycles. The zero-order valence-corrected chi connectivity index (χ0v) is 24.3. The summed E-state index contributed by atoms with van der Waals surface area (Å²) >= 11 is 1.72. The van der Waals surface area contributed by atoms with Crippen molar-refractivity contribution in [2.75, 3.05) is 6.26 Å². The van der Waals surface area contributed by atoms with Crippen molar-refractivity contribution in [2.24, 2.45) is 44.8 Å². The second kappa shape index (κ2) is 7.82. The molecule has 5 aliphatic rings. The van der Waals surface area contributed by atoms with Gasteiger partial charge in [-0.05, 0) is 85.4 Å². The number of Topliss-reactive ketones (excluding diaryl/α,β-unsaturated/α-hetero) is 1. The van der Waals surface area contributed by atoms with Gasteiger partial charge in [0.25, 0.3) is 0 Å². The van der Waals surface area contributed by atoms with E-state index in [2.05, 4.69) is 50.4 Å². The van der Waals surface area contributed by atoms with Gasteiger partial charge < -0.3 is 4.79 Å². The Balaban J connectivity index is 1.69. The summed E-state index contributed by atoms with van der Waals surface area (Å²) in [5.41, 5.74) is 0.374. The summed E-state index contributed by atoms with van der Waals surface area (Å²) in [6, 6.07) is 0. The monoisotopic (exact) mass is 508 g/mol. The molecule has 0 bridgehead atoms. The summed E-state index contributed by atoms with van der Waals surface area (Å²) < 4.78 is 3.84. The van der Waals surface area contributed by atoms with Crippen molar-refractivity contribution in [3.8, 4) is 0 Å². The van der Waals surface area contributed by atoms with Gasteiger partial charge in [0, 0.05) is 22.3 Å². The molecule has 4 nitrogen and oxygen atoms in total. The number of ketones is 2. The molecule has 7 atom stereocenters. The second-order valence-electron chi connectivity index (χ2n) is 14.7. The Labute approximate surface area is 222 Å². The first kappa shape index (κ1) is 26.2. The third-order valence-electron chi connectivity index (χ3n) is 12.1. The van der Waals surface area contributed by atoms with E-state index in [1.807, 2.05) is 26.0 Å². The quantitative estimate of drug-likeness (QED) is 0.317. The van der Waals surface area contributed by atoms with Crippen LogP contribution < -0.4 is 4.72 Å². The van der Waals surface area contributed by atoms with Crippen LogP contribution in [-0.2, 0) is 9.59 Å². The second-order valence-corrected chi connectivity index (χ2v) is 15.3. The topological polar surface area (TPSA) is 50.5 Å². The number of hydrogen-bond acceptors (Lipinski definition) is 4. The predicted molar refractivity (Wildman–Crippen MR) is 147 cm³/mol. The molecule has 0 spiro atoms. The lowest BCUT2D eigenvalue weighted by Crippen LogP contribution is -2.68. The Morgan fingerprint density at radius 3 is 2.31 bits per heavy atom. The highest BCUT2D eigenvalue weighted by molar-refractivity contribution is 7.96. The van der Waals surface area contributed by atoms with Gasteiger partial charge in [0.05, 0.1) is 6.57 Å². The minimum Gasteiger partial charge on any atom is -0.307 e. The van der Waals surface area contributed by atoms with Crippen LogP contribution in [0.5, 0.6) is 0 Å². The molecule has 0 heterocycles. The van der Waals surface area contributed by atoms with E-state index in [0.717, 1.165) is 38.5 Å². The summed E-state index contributed by atoms with van der Waals surface area (Å²) in [4.78, 5) is 31.3. The van der Waals surface area contributed by atoms with Crippen molar-refractivity contribution in [2.45, 2.75) is 99.0 Å². The number of carbonyl (C=O) groups excluding carboxylic acids is 2. The van der Waals surface area contributed by atoms with Gasteiger partial charge in [-0.2, -0.15) is 0 Å². The average molecular weight is 509 g/mol. The van der Waals surface area contributed by atoms with E-state index < -0.39 is 10.8 Å². The summed E-state index contributed by atoms with van der Waals surface area (Å²) in [6.45, 7) is 23.6. The van der Waals surface area contributed by atoms with Crippen molar-refractivity contribution in [3.05, 3.63) is 34.8 Å². The molecule has 0 aromatic rings. The van der Waals surface area contributed by atoms with Crippen LogP contribution in [-0.4, -0.2) is 23.4 Å². The molecule has 0 aromatic heterocycles. The molecular formula is C31H44N2O2S. The fourth-order valence-corrected chi connectivity index (χ4v) is 10.7. The molecule has 0 unspecified atom stereocenters. The summed E-state index contributed by atoms with van der Waals surface area (Å²) in [5, 5.41) is 0. The maximum Gasteiger partial charge on any atom is 0.226 e. The molecule has 5 aliphatic carbocycles. The normalized spacial score (nSPS) is 46.8. The molecule has 0 aromatic carbocycles. The van der Waals surface area contributed by atoms with Crippen molar-refractivity contribution in [1.29, 1.82) is 0 Å². The molecule has 0 saturated heterocycles. The van der Waals surface area contributed by atoms with Crippen LogP contribution in [0.15, 0.2) is 23.4 Å². The van der Waals surface area contributed by atoms with Gasteiger partial charge in [0.1, 0.15) is 0 Å². The smallest absolute Gasteiger partial charge is 0.226 e. The molecule has 0 amide bonds. The van der Waals surface area contributed by atoms with Gasteiger partial charge in [-0.25, -0.2) is 4.85 Å². The minimum atomic E-state index is -0.607. The molecule has 36 heavy (non-hydrogen) atoms. The Hall–Kier alpha value is -1.38. The standard InChI is InChI=1S/C31H44N2O2S/c1-26(2)12-14-31(33-36-9)15-13-30(7)24(19(31)17-26)21(34)16-23-28(5)18-20(32-8)25(35)27(3,4)22(28)10-11-29(23,30)6/h16,18-19,22,24,33H,10-15,17H2,1-7,9H3/t19-,22-,24-,28-,29+,30+,31-/m0/s1. The van der Waals surface area contributed by atoms with Crippen LogP contribution in [0.3, 0.4) is 0 Å². The number of rotatable bonds is 2. The molecule has 196 valence electrons. The van der Waals surface area contributed by atoms with Gasteiger partial charge in [0.2, 0.25) is 5.70 Å². The fourth-order valence-electron chi connectivity index (χ4n) is 9.98. The van der Waals surface area contributed by atoms with E-state index in [4.69, 9.17) is 6.57 Å². The largest absolute Gasteiger partial charge is 0.307 e. The van der Waals surface area contributed by atoms with Crippen molar-refractivity contribution >= 4 is 23.5 Å². The van der Waals surface area contributed by atoms with E-state index >= 15 is 0 Å². The lowest BCUT2D eigenvalue weighted by atomic mass is 9.35. The van der Waals surface area contributed by atoms with Crippen LogP contribution in [0.2, 0.25) is 0 Å². The highest BCUT2D eigenvalue weighted by Crippen LogP contribution is 2.73. The highest BCUT2D eigenvalue weighted by Gasteiger charge is 2.69. The molecule has 0 aliphatic heterocycles. The summed E-state index contributed by atoms with van der Waals surface area (Å²) in [5.74, 6) is 0.671. The van der Waals surface area contributed by atoms with Crippen molar-refractivity contribution in [3.63, 3.8) is 0 Å². The van der Waals surface area contributed by atoms with E-state index in [0.29, 0.717) is 5.92 Å². The van der Waals surface area contributed by atoms with Crippen LogP contribution in [0.25, 0.3) is 4.85 Å². The number of nitrogens with one attached hydrogen (secondary N) is 1. The van der Waals surface area contributed by atoms with Gasteiger partial charge in [-0.3, -0.25) is 9.52 Å². The molecule has 5 heteroatoms. The molecule has 1 N–H and O–H groups in total. The fraction of sp³-hybridized carbons (Fsp3) is 0.774. The maximum atomic E-state index is 14.4. The SMILES string of the molecule is [C-]#[N+]C1=C[C@]2(C)C3=CC(=O)[C@@H]4[C@@H]5CC(C)(C)CC[C@]5(NSC)CC[C@@]4(C)[C@]3(C)CC[C@H]2C(C)(C)C1=O. The number of hydrogen-bond donors (Lipinski definition) is 1. The zero-order chi connectivity index (χ0) is 26.5.